The Kier molecular flexibility index (Phi) is 5.30. The molecule has 136 valence electrons. The van der Waals surface area contributed by atoms with Crippen molar-refractivity contribution in [1.82, 2.24) is 14.9 Å². The topological polar surface area (TPSA) is 46.9 Å². The fourth-order valence-electron chi connectivity index (χ4n) is 3.01. The zero-order valence-corrected chi connectivity index (χ0v) is 14.8. The van der Waals surface area contributed by atoms with Gasteiger partial charge in [0.05, 0.1) is 5.56 Å². The summed E-state index contributed by atoms with van der Waals surface area (Å²) in [5.74, 6) is -1.63. The fraction of sp³-hybridized carbons (Fsp3) is 0.300. The van der Waals surface area contributed by atoms with Crippen molar-refractivity contribution in [1.29, 1.82) is 0 Å². The second-order valence-corrected chi connectivity index (χ2v) is 6.71. The van der Waals surface area contributed by atoms with E-state index < -0.39 is 17.5 Å². The maximum atomic E-state index is 13.7. The van der Waals surface area contributed by atoms with Crippen molar-refractivity contribution in [2.75, 3.05) is 6.54 Å². The van der Waals surface area contributed by atoms with Crippen LogP contribution >= 0.6 is 0 Å². The number of halogens is 2. The number of nitrogens with zero attached hydrogens (tertiary/aromatic N) is 2. The lowest BCUT2D eigenvalue weighted by atomic mass is 10.1. The molecule has 1 N–H and O–H groups in total. The number of aromatic nitrogens is 2. The smallest absolute Gasteiger partial charge is 0.254 e. The zero-order chi connectivity index (χ0) is 18.7. The molecule has 0 unspecified atom stereocenters. The second-order valence-electron chi connectivity index (χ2n) is 6.71. The Morgan fingerprint density at radius 1 is 1.27 bits per heavy atom. The number of benzene rings is 1. The van der Waals surface area contributed by atoms with Gasteiger partial charge in [-0.05, 0) is 42.2 Å². The predicted octanol–water partition coefficient (Wildman–Crippen LogP) is 3.94. The van der Waals surface area contributed by atoms with Gasteiger partial charge in [0.2, 0.25) is 0 Å². The van der Waals surface area contributed by atoms with E-state index in [0.29, 0.717) is 24.9 Å². The Labute approximate surface area is 150 Å². The number of rotatable bonds is 6. The number of hydrogen-bond acceptors (Lipinski definition) is 2. The third-order valence-corrected chi connectivity index (χ3v) is 4.13. The lowest BCUT2D eigenvalue weighted by Crippen LogP contribution is -2.26. The first-order valence-electron chi connectivity index (χ1n) is 8.61. The number of carbonyl (C=O) groups is 1. The highest BCUT2D eigenvalue weighted by Gasteiger charge is 2.13. The molecule has 1 aromatic carbocycles. The molecular weight excluding hydrogens is 336 g/mol. The van der Waals surface area contributed by atoms with Gasteiger partial charge in [0.15, 0.2) is 0 Å². The molecule has 0 radical (unpaired) electrons. The Balaban J connectivity index is 1.71. The van der Waals surface area contributed by atoms with Crippen molar-refractivity contribution < 1.29 is 13.6 Å². The minimum absolute atomic E-state index is 0.157. The maximum Gasteiger partial charge on any atom is 0.254 e. The number of amides is 1. The van der Waals surface area contributed by atoms with Crippen molar-refractivity contribution in [2.24, 2.45) is 5.92 Å². The molecule has 4 nitrogen and oxygen atoms in total. The van der Waals surface area contributed by atoms with Crippen LogP contribution in [0.3, 0.4) is 0 Å². The summed E-state index contributed by atoms with van der Waals surface area (Å²) in [7, 11) is 0. The lowest BCUT2D eigenvalue weighted by Gasteiger charge is -2.07. The van der Waals surface area contributed by atoms with E-state index in [2.05, 4.69) is 34.9 Å². The highest BCUT2D eigenvalue weighted by molar-refractivity contribution is 5.94. The van der Waals surface area contributed by atoms with Crippen LogP contribution in [0, 0.1) is 17.6 Å². The highest BCUT2D eigenvalue weighted by atomic mass is 19.1. The molecule has 0 aliphatic rings. The summed E-state index contributed by atoms with van der Waals surface area (Å²) in [5, 5.41) is 3.74. The average molecular weight is 357 g/mol. The van der Waals surface area contributed by atoms with Crippen LogP contribution in [0.5, 0.6) is 0 Å². The minimum Gasteiger partial charge on any atom is -0.352 e. The molecule has 3 aromatic rings. The van der Waals surface area contributed by atoms with Gasteiger partial charge in [-0.2, -0.15) is 0 Å². The van der Waals surface area contributed by atoms with Gasteiger partial charge in [0.25, 0.3) is 5.91 Å². The van der Waals surface area contributed by atoms with E-state index in [0.717, 1.165) is 35.3 Å². The van der Waals surface area contributed by atoms with Crippen LogP contribution in [0.25, 0.3) is 11.0 Å². The Bertz CT molecular complexity index is 934. The summed E-state index contributed by atoms with van der Waals surface area (Å²) in [6.45, 7) is 5.50. The normalized spacial score (nSPS) is 11.3. The number of hydrogen-bond donors (Lipinski definition) is 1. The summed E-state index contributed by atoms with van der Waals surface area (Å²) in [6.07, 6.45) is 4.42. The van der Waals surface area contributed by atoms with Crippen LogP contribution in [-0.2, 0) is 13.0 Å². The molecule has 1 amide bonds. The van der Waals surface area contributed by atoms with E-state index >= 15 is 0 Å². The molecule has 2 heterocycles. The van der Waals surface area contributed by atoms with E-state index in [-0.39, 0.29) is 5.56 Å². The average Bonchev–Trinajstić information content (AvgIpc) is 2.92. The Hall–Kier alpha value is -2.76. The van der Waals surface area contributed by atoms with Crippen LogP contribution in [0.1, 0.15) is 29.8 Å². The second kappa shape index (κ2) is 7.64. The number of carbonyl (C=O) groups excluding carboxylic acids is 1. The number of nitrogens with one attached hydrogen (secondary N) is 1. The molecule has 26 heavy (non-hydrogen) atoms. The molecule has 0 aliphatic heterocycles. The summed E-state index contributed by atoms with van der Waals surface area (Å²) < 4.78 is 28.7. The molecule has 0 saturated heterocycles. The third-order valence-electron chi connectivity index (χ3n) is 4.13. The first-order valence-corrected chi connectivity index (χ1v) is 8.61. The Morgan fingerprint density at radius 2 is 2.08 bits per heavy atom. The van der Waals surface area contributed by atoms with Gasteiger partial charge in [-0.25, -0.2) is 13.8 Å². The van der Waals surface area contributed by atoms with Crippen LogP contribution < -0.4 is 5.32 Å². The molecule has 0 aliphatic carbocycles. The quantitative estimate of drug-likeness (QED) is 0.726. The molecule has 6 heteroatoms. The molecular formula is C20H21F2N3O. The summed E-state index contributed by atoms with van der Waals surface area (Å²) >= 11 is 0. The summed E-state index contributed by atoms with van der Waals surface area (Å²) in [4.78, 5) is 16.5. The monoisotopic (exact) mass is 357 g/mol. The van der Waals surface area contributed by atoms with Gasteiger partial charge in [-0.1, -0.05) is 13.8 Å². The van der Waals surface area contributed by atoms with Crippen molar-refractivity contribution in [3.63, 3.8) is 0 Å². The van der Waals surface area contributed by atoms with E-state index in [4.69, 9.17) is 0 Å². The van der Waals surface area contributed by atoms with Crippen LogP contribution in [0.4, 0.5) is 8.78 Å². The maximum absolute atomic E-state index is 13.7. The molecule has 0 bridgehead atoms. The van der Waals surface area contributed by atoms with Crippen LogP contribution in [0.2, 0.25) is 0 Å². The third kappa shape index (κ3) is 3.90. The van der Waals surface area contributed by atoms with Crippen LogP contribution in [-0.4, -0.2) is 22.0 Å². The highest BCUT2D eigenvalue weighted by Crippen LogP contribution is 2.21. The predicted molar refractivity (Wildman–Crippen MR) is 97.0 cm³/mol. The van der Waals surface area contributed by atoms with E-state index in [1.807, 2.05) is 12.1 Å². The first kappa shape index (κ1) is 18.0. The van der Waals surface area contributed by atoms with Crippen molar-refractivity contribution in [3.05, 3.63) is 65.5 Å². The molecule has 2 aromatic heterocycles. The standard InChI is InChI=1S/C20H21F2N3O/c1-13(2)11-25-12-14(16-4-3-8-23-19(16)25)7-9-24-20(26)17-6-5-15(21)10-18(17)22/h3-6,8,10,12-13H,7,9,11H2,1-2H3,(H,24,26). The van der Waals surface area contributed by atoms with Gasteiger partial charge in [0.1, 0.15) is 17.3 Å². The largest absolute Gasteiger partial charge is 0.352 e. The number of fused-ring (bicyclic) bond motifs is 1. The van der Waals surface area contributed by atoms with E-state index in [9.17, 15) is 13.6 Å². The van der Waals surface area contributed by atoms with Crippen molar-refractivity contribution in [2.45, 2.75) is 26.8 Å². The number of pyridine rings is 1. The molecule has 3 rings (SSSR count). The first-order chi connectivity index (χ1) is 12.5. The van der Waals surface area contributed by atoms with Crippen molar-refractivity contribution >= 4 is 16.9 Å². The molecule has 0 spiro atoms. The fourth-order valence-corrected chi connectivity index (χ4v) is 3.01. The minimum atomic E-state index is -0.861. The van der Waals surface area contributed by atoms with Gasteiger partial charge in [-0.15, -0.1) is 0 Å². The van der Waals surface area contributed by atoms with Crippen LogP contribution in [0.15, 0.2) is 42.7 Å². The van der Waals surface area contributed by atoms with E-state index in [1.165, 1.54) is 0 Å². The zero-order valence-electron chi connectivity index (χ0n) is 14.8. The molecule has 0 saturated carbocycles. The van der Waals surface area contributed by atoms with Gasteiger partial charge >= 0.3 is 0 Å². The van der Waals surface area contributed by atoms with Gasteiger partial charge < -0.3 is 9.88 Å². The van der Waals surface area contributed by atoms with E-state index in [1.54, 1.807) is 6.20 Å². The summed E-state index contributed by atoms with van der Waals surface area (Å²) in [5.41, 5.74) is 1.84. The van der Waals surface area contributed by atoms with Gasteiger partial charge in [0, 0.05) is 36.9 Å². The Morgan fingerprint density at radius 3 is 2.81 bits per heavy atom. The molecule has 0 fully saturated rings. The van der Waals surface area contributed by atoms with Crippen molar-refractivity contribution in [3.8, 4) is 0 Å². The van der Waals surface area contributed by atoms with Gasteiger partial charge in [-0.3, -0.25) is 4.79 Å². The summed E-state index contributed by atoms with van der Waals surface area (Å²) in [6, 6.07) is 6.83. The lowest BCUT2D eigenvalue weighted by molar-refractivity contribution is 0.0950. The SMILES string of the molecule is CC(C)Cn1cc(CCNC(=O)c2ccc(F)cc2F)c2cccnc21. The molecule has 0 atom stereocenters.